The lowest BCUT2D eigenvalue weighted by atomic mass is 9.71. The Labute approximate surface area is 213 Å². The minimum Gasteiger partial charge on any atom is -0.832 e. The molecular weight excluding hydrogens is 433 g/mol. The maximum atomic E-state index is 11.9. The lowest BCUT2D eigenvalue weighted by Gasteiger charge is -2.44. The number of rotatable bonds is 11. The number of hydrogen-bond donors (Lipinski definition) is 1. The summed E-state index contributed by atoms with van der Waals surface area (Å²) in [4.78, 5) is 0. The van der Waals surface area contributed by atoms with Gasteiger partial charge in [0.05, 0.1) is 26.2 Å². The quantitative estimate of drug-likeness (QED) is 0.300. The normalized spacial score (nSPS) is 12.4. The molecule has 35 heavy (non-hydrogen) atoms. The van der Waals surface area contributed by atoms with Crippen molar-refractivity contribution in [2.45, 2.75) is 52.6 Å². The third kappa shape index (κ3) is 7.05. The van der Waals surface area contributed by atoms with E-state index in [1.165, 1.54) is 30.7 Å². The third-order valence-electron chi connectivity index (χ3n) is 7.48. The molecule has 0 aliphatic rings. The Balaban J connectivity index is 0.000000410. The fourth-order valence-corrected chi connectivity index (χ4v) is 5.10. The predicted molar refractivity (Wildman–Crippen MR) is 145 cm³/mol. The van der Waals surface area contributed by atoms with Gasteiger partial charge in [0.1, 0.15) is 5.60 Å². The van der Waals surface area contributed by atoms with Crippen molar-refractivity contribution in [3.8, 4) is 0 Å². The molecule has 1 N–H and O–H groups in total. The van der Waals surface area contributed by atoms with Crippen LogP contribution in [0.1, 0.15) is 63.6 Å². The smallest absolute Gasteiger partial charge is 0.343 e. The SMILES string of the molecule is CCC(c1ccccc1)C(OB([O-])O)(c1ccccc1)c1ccccc1.CC[N+](CC)(CC)CC. The number of benzene rings is 3. The number of nitrogens with zero attached hydrogens (tertiary/aromatic N) is 1. The van der Waals surface area contributed by atoms with Crippen molar-refractivity contribution in [3.63, 3.8) is 0 Å². The summed E-state index contributed by atoms with van der Waals surface area (Å²) in [7, 11) is -2.15. The molecule has 0 radical (unpaired) electrons. The van der Waals surface area contributed by atoms with Crippen molar-refractivity contribution in [3.05, 3.63) is 108 Å². The zero-order valence-electron chi connectivity index (χ0n) is 22.1. The van der Waals surface area contributed by atoms with Gasteiger partial charge in [-0.05, 0) is 50.8 Å². The molecule has 4 nitrogen and oxygen atoms in total. The van der Waals surface area contributed by atoms with E-state index >= 15 is 0 Å². The lowest BCUT2D eigenvalue weighted by molar-refractivity contribution is -0.921. The molecule has 0 aliphatic heterocycles. The van der Waals surface area contributed by atoms with Gasteiger partial charge in [-0.1, -0.05) is 97.9 Å². The summed E-state index contributed by atoms with van der Waals surface area (Å²) in [6.07, 6.45) is 0.737. The van der Waals surface area contributed by atoms with Crippen LogP contribution in [0.4, 0.5) is 0 Å². The standard InChI is InChI=1S/C22H22BO3.C8H20N/c1-2-21(18-12-6-3-7-13-18)22(26-23(24)25,19-14-8-4-9-15-19)20-16-10-5-11-17-20;1-5-9(6-2,7-3)8-4/h3-17,21,24H,2H2,1H3;5-8H2,1-4H3/q-1;+1. The number of hydrogen-bond acceptors (Lipinski definition) is 3. The fourth-order valence-electron chi connectivity index (χ4n) is 5.10. The maximum absolute atomic E-state index is 11.9. The maximum Gasteiger partial charge on any atom is 0.343 e. The molecule has 3 aromatic carbocycles. The molecule has 0 fully saturated rings. The van der Waals surface area contributed by atoms with E-state index in [2.05, 4.69) is 34.6 Å². The topological polar surface area (TPSA) is 52.5 Å². The van der Waals surface area contributed by atoms with Crippen LogP contribution in [0, 0.1) is 0 Å². The summed E-state index contributed by atoms with van der Waals surface area (Å²) in [6.45, 7) is 16.3. The van der Waals surface area contributed by atoms with E-state index in [1.807, 2.05) is 91.0 Å². The first kappa shape index (κ1) is 28.8. The summed E-state index contributed by atoms with van der Waals surface area (Å²) in [5.41, 5.74) is 1.66. The van der Waals surface area contributed by atoms with Gasteiger partial charge in [0, 0.05) is 5.92 Å². The molecule has 0 saturated carbocycles. The Kier molecular flexibility index (Phi) is 11.7. The summed E-state index contributed by atoms with van der Waals surface area (Å²) in [6, 6.07) is 29.3. The Morgan fingerprint density at radius 2 is 1.09 bits per heavy atom. The summed E-state index contributed by atoms with van der Waals surface area (Å²) >= 11 is 0. The molecule has 188 valence electrons. The van der Waals surface area contributed by atoms with Gasteiger partial charge in [-0.3, -0.25) is 0 Å². The van der Waals surface area contributed by atoms with Crippen LogP contribution in [0.15, 0.2) is 91.0 Å². The lowest BCUT2D eigenvalue weighted by Crippen LogP contribution is -2.48. The van der Waals surface area contributed by atoms with E-state index in [-0.39, 0.29) is 5.92 Å². The van der Waals surface area contributed by atoms with Crippen LogP contribution in [-0.2, 0) is 10.3 Å². The summed E-state index contributed by atoms with van der Waals surface area (Å²) < 4.78 is 7.10. The van der Waals surface area contributed by atoms with Crippen LogP contribution < -0.4 is 5.02 Å². The highest BCUT2D eigenvalue weighted by atomic mass is 16.6. The van der Waals surface area contributed by atoms with Crippen LogP contribution in [0.3, 0.4) is 0 Å². The largest absolute Gasteiger partial charge is 0.832 e. The summed E-state index contributed by atoms with van der Waals surface area (Å²) in [5, 5.41) is 21.6. The zero-order valence-corrected chi connectivity index (χ0v) is 22.1. The van der Waals surface area contributed by atoms with Gasteiger partial charge >= 0.3 is 7.32 Å². The van der Waals surface area contributed by atoms with Crippen LogP contribution in [0.5, 0.6) is 0 Å². The van der Waals surface area contributed by atoms with E-state index in [0.717, 1.165) is 23.1 Å². The Bertz CT molecular complexity index is 890. The first-order valence-electron chi connectivity index (χ1n) is 13.0. The second-order valence-electron chi connectivity index (χ2n) is 8.87. The Hall–Kier alpha value is -2.44. The van der Waals surface area contributed by atoms with E-state index in [4.69, 9.17) is 4.65 Å². The predicted octanol–water partition coefficient (Wildman–Crippen LogP) is 5.36. The molecule has 3 rings (SSSR count). The molecule has 0 bridgehead atoms. The van der Waals surface area contributed by atoms with Crippen LogP contribution in [-0.4, -0.2) is 43.0 Å². The van der Waals surface area contributed by atoms with Gasteiger partial charge in [0.2, 0.25) is 0 Å². The van der Waals surface area contributed by atoms with E-state index in [1.54, 1.807) is 0 Å². The molecule has 0 spiro atoms. The Morgan fingerprint density at radius 1 is 0.714 bits per heavy atom. The molecule has 5 heteroatoms. The molecule has 1 unspecified atom stereocenters. The van der Waals surface area contributed by atoms with Gasteiger partial charge in [-0.15, -0.1) is 0 Å². The third-order valence-corrected chi connectivity index (χ3v) is 7.48. The van der Waals surface area contributed by atoms with E-state index in [9.17, 15) is 10.0 Å². The fraction of sp³-hybridized carbons (Fsp3) is 0.400. The van der Waals surface area contributed by atoms with Gasteiger partial charge in [0.15, 0.2) is 0 Å². The minimum absolute atomic E-state index is 0.142. The molecular formula is C30H42BNO3. The molecule has 0 heterocycles. The average Bonchev–Trinajstić information content (AvgIpc) is 2.92. The van der Waals surface area contributed by atoms with Gasteiger partial charge in [-0.25, -0.2) is 0 Å². The van der Waals surface area contributed by atoms with Gasteiger partial charge in [0.25, 0.3) is 0 Å². The van der Waals surface area contributed by atoms with Crippen LogP contribution >= 0.6 is 0 Å². The van der Waals surface area contributed by atoms with Crippen molar-refractivity contribution in [1.82, 2.24) is 0 Å². The number of quaternary nitrogens is 1. The van der Waals surface area contributed by atoms with Crippen LogP contribution in [0.2, 0.25) is 0 Å². The second-order valence-corrected chi connectivity index (χ2v) is 8.87. The monoisotopic (exact) mass is 475 g/mol. The summed E-state index contributed by atoms with van der Waals surface area (Å²) in [5.74, 6) is -0.142. The van der Waals surface area contributed by atoms with E-state index < -0.39 is 12.9 Å². The van der Waals surface area contributed by atoms with Crippen molar-refractivity contribution >= 4 is 7.32 Å². The Morgan fingerprint density at radius 3 is 1.37 bits per heavy atom. The molecule has 0 aromatic heterocycles. The molecule has 1 atom stereocenters. The highest BCUT2D eigenvalue weighted by molar-refractivity contribution is 6.30. The second kappa shape index (κ2) is 14.2. The first-order valence-corrected chi connectivity index (χ1v) is 13.0. The minimum atomic E-state index is -2.15. The van der Waals surface area contributed by atoms with E-state index in [0.29, 0.717) is 0 Å². The highest BCUT2D eigenvalue weighted by Gasteiger charge is 2.43. The average molecular weight is 475 g/mol. The van der Waals surface area contributed by atoms with Crippen molar-refractivity contribution in [2.75, 3.05) is 26.2 Å². The van der Waals surface area contributed by atoms with Crippen molar-refractivity contribution in [1.29, 1.82) is 0 Å². The molecule has 3 aromatic rings. The molecule has 0 saturated heterocycles. The first-order chi connectivity index (χ1) is 16.9. The van der Waals surface area contributed by atoms with Crippen LogP contribution in [0.25, 0.3) is 0 Å². The van der Waals surface area contributed by atoms with Crippen molar-refractivity contribution < 1.29 is 19.2 Å². The highest BCUT2D eigenvalue weighted by Crippen LogP contribution is 2.47. The molecule has 0 aliphatic carbocycles. The molecule has 0 amide bonds. The van der Waals surface area contributed by atoms with Gasteiger partial charge in [-0.2, -0.15) is 0 Å². The van der Waals surface area contributed by atoms with Crippen molar-refractivity contribution in [2.24, 2.45) is 0 Å². The van der Waals surface area contributed by atoms with Gasteiger partial charge < -0.3 is 19.2 Å². The zero-order chi connectivity index (χ0) is 25.7.